The molecule has 4 heteroatoms. The van der Waals surface area contributed by atoms with E-state index >= 15 is 0 Å². The molecule has 0 N–H and O–H groups in total. The van der Waals surface area contributed by atoms with Gasteiger partial charge in [-0.2, -0.15) is 4.39 Å². The Hall–Kier alpha value is -0.510. The van der Waals surface area contributed by atoms with Crippen LogP contribution in [0.4, 0.5) is 4.39 Å². The highest BCUT2D eigenvalue weighted by atomic mass is 79.9. The Morgan fingerprint density at radius 2 is 2.25 bits per heavy atom. The fraction of sp³-hybridized carbons (Fsp3) is 0. The Labute approximate surface area is 53.9 Å². The van der Waals surface area contributed by atoms with E-state index < -0.39 is 5.95 Å². The zero-order valence-electron chi connectivity index (χ0n) is 3.81. The summed E-state index contributed by atoms with van der Waals surface area (Å²) >= 11 is 2.95. The van der Waals surface area contributed by atoms with E-state index in [1.54, 1.807) is 0 Å². The molecule has 1 rings (SSSR count). The highest BCUT2D eigenvalue weighted by molar-refractivity contribution is 9.10. The van der Waals surface area contributed by atoms with Gasteiger partial charge >= 0.3 is 0 Å². The molecule has 0 aromatic carbocycles. The lowest BCUT2D eigenvalue weighted by molar-refractivity contribution is 0.573. The van der Waals surface area contributed by atoms with E-state index in [0.29, 0.717) is 4.60 Å². The Morgan fingerprint density at radius 1 is 1.50 bits per heavy atom. The van der Waals surface area contributed by atoms with Gasteiger partial charge in [-0.25, -0.2) is 4.98 Å². The first kappa shape index (κ1) is 5.62. The third kappa shape index (κ3) is 1.23. The summed E-state index contributed by atoms with van der Waals surface area (Å²) in [5.74, 6) is -0.570. The minimum atomic E-state index is -0.570. The average molecular weight is 177 g/mol. The van der Waals surface area contributed by atoms with Crippen molar-refractivity contribution < 1.29 is 4.39 Å². The van der Waals surface area contributed by atoms with Crippen molar-refractivity contribution in [2.45, 2.75) is 0 Å². The van der Waals surface area contributed by atoms with Gasteiger partial charge < -0.3 is 0 Å². The van der Waals surface area contributed by atoms with Crippen LogP contribution in [0.5, 0.6) is 0 Å². The summed E-state index contributed by atoms with van der Waals surface area (Å²) in [6.45, 7) is 0. The molecule has 0 aliphatic rings. The highest BCUT2D eigenvalue weighted by Crippen LogP contribution is 2.01. The maximum Gasteiger partial charge on any atom is 0.232 e. The molecule has 2 nitrogen and oxygen atoms in total. The Kier molecular flexibility index (Phi) is 1.53. The van der Waals surface area contributed by atoms with Gasteiger partial charge in [0.2, 0.25) is 5.95 Å². The number of halogens is 2. The summed E-state index contributed by atoms with van der Waals surface area (Å²) in [4.78, 5) is 6.86. The first-order valence-corrected chi connectivity index (χ1v) is 2.71. The van der Waals surface area contributed by atoms with Gasteiger partial charge in [0.05, 0.1) is 12.4 Å². The smallest absolute Gasteiger partial charge is 0.232 e. The lowest BCUT2D eigenvalue weighted by Crippen LogP contribution is -1.82. The van der Waals surface area contributed by atoms with Crippen LogP contribution in [0.15, 0.2) is 17.0 Å². The van der Waals surface area contributed by atoms with Crippen LogP contribution < -0.4 is 0 Å². The fourth-order valence-electron chi connectivity index (χ4n) is 0.320. The third-order valence-electron chi connectivity index (χ3n) is 0.576. The molecule has 0 amide bonds. The summed E-state index contributed by atoms with van der Waals surface area (Å²) in [5.41, 5.74) is 0. The molecule has 42 valence electrons. The normalized spacial score (nSPS) is 9.25. The van der Waals surface area contributed by atoms with Gasteiger partial charge in [0.15, 0.2) is 0 Å². The summed E-state index contributed by atoms with van der Waals surface area (Å²) < 4.78 is 12.4. The summed E-state index contributed by atoms with van der Waals surface area (Å²) in [7, 11) is 0. The molecule has 0 spiro atoms. The van der Waals surface area contributed by atoms with Crippen molar-refractivity contribution >= 4 is 15.9 Å². The number of aromatic nitrogens is 2. The van der Waals surface area contributed by atoms with Gasteiger partial charge in [0.25, 0.3) is 0 Å². The monoisotopic (exact) mass is 176 g/mol. The van der Waals surface area contributed by atoms with Crippen molar-refractivity contribution in [3.05, 3.63) is 22.9 Å². The SMILES string of the molecule is Fc1cncc(Br)n1. The second kappa shape index (κ2) is 2.17. The molecule has 0 bridgehead atoms. The molecular weight excluding hydrogens is 175 g/mol. The predicted molar refractivity (Wildman–Crippen MR) is 29.7 cm³/mol. The molecule has 0 atom stereocenters. The minimum absolute atomic E-state index is 0.414. The molecule has 1 aromatic heterocycles. The third-order valence-corrected chi connectivity index (χ3v) is 0.958. The van der Waals surface area contributed by atoms with E-state index in [0.717, 1.165) is 6.20 Å². The van der Waals surface area contributed by atoms with E-state index in [1.807, 2.05) is 0 Å². The maximum absolute atomic E-state index is 12.0. The fourth-order valence-corrected chi connectivity index (χ4v) is 0.608. The van der Waals surface area contributed by atoms with Gasteiger partial charge in [-0.3, -0.25) is 4.98 Å². The standard InChI is InChI=1S/C4H2BrFN2/c5-3-1-7-2-4(6)8-3/h1-2H. The summed E-state index contributed by atoms with van der Waals surface area (Å²) in [6, 6.07) is 0. The van der Waals surface area contributed by atoms with Crippen LogP contribution in [0.1, 0.15) is 0 Å². The number of nitrogens with zero attached hydrogens (tertiary/aromatic N) is 2. The Morgan fingerprint density at radius 3 is 2.62 bits per heavy atom. The zero-order chi connectivity index (χ0) is 5.98. The van der Waals surface area contributed by atoms with Crippen LogP contribution in [-0.2, 0) is 0 Å². The molecule has 1 aromatic rings. The molecule has 0 unspecified atom stereocenters. The van der Waals surface area contributed by atoms with Gasteiger partial charge in [-0.05, 0) is 15.9 Å². The molecule has 0 aliphatic heterocycles. The van der Waals surface area contributed by atoms with Crippen LogP contribution in [0.25, 0.3) is 0 Å². The van der Waals surface area contributed by atoms with Crippen molar-refractivity contribution in [1.82, 2.24) is 9.97 Å². The molecule has 0 aliphatic carbocycles. The van der Waals surface area contributed by atoms with E-state index in [-0.39, 0.29) is 0 Å². The average Bonchev–Trinajstić information content (AvgIpc) is 1.64. The predicted octanol–water partition coefficient (Wildman–Crippen LogP) is 1.38. The van der Waals surface area contributed by atoms with Crippen molar-refractivity contribution in [3.63, 3.8) is 0 Å². The lowest BCUT2D eigenvalue weighted by Gasteiger charge is -1.84. The molecular formula is C4H2BrFN2. The lowest BCUT2D eigenvalue weighted by atomic mass is 10.7. The summed E-state index contributed by atoms with van der Waals surface area (Å²) in [5, 5.41) is 0. The number of hydrogen-bond acceptors (Lipinski definition) is 2. The van der Waals surface area contributed by atoms with Gasteiger partial charge in [-0.15, -0.1) is 0 Å². The molecule has 8 heavy (non-hydrogen) atoms. The van der Waals surface area contributed by atoms with Crippen LogP contribution >= 0.6 is 15.9 Å². The Bertz CT molecular complexity index is 174. The van der Waals surface area contributed by atoms with Crippen LogP contribution in [0.2, 0.25) is 0 Å². The summed E-state index contributed by atoms with van der Waals surface area (Å²) in [6.07, 6.45) is 2.47. The van der Waals surface area contributed by atoms with E-state index in [4.69, 9.17) is 0 Å². The van der Waals surface area contributed by atoms with E-state index in [1.165, 1.54) is 6.20 Å². The van der Waals surface area contributed by atoms with Crippen molar-refractivity contribution in [2.75, 3.05) is 0 Å². The second-order valence-electron chi connectivity index (χ2n) is 1.16. The maximum atomic E-state index is 12.0. The zero-order valence-corrected chi connectivity index (χ0v) is 5.39. The molecule has 0 saturated carbocycles. The number of rotatable bonds is 0. The van der Waals surface area contributed by atoms with Crippen LogP contribution in [0, 0.1) is 5.95 Å². The van der Waals surface area contributed by atoms with Gasteiger partial charge in [0, 0.05) is 0 Å². The van der Waals surface area contributed by atoms with E-state index in [2.05, 4.69) is 25.9 Å². The molecule has 0 fully saturated rings. The van der Waals surface area contributed by atoms with Crippen LogP contribution in [-0.4, -0.2) is 9.97 Å². The quantitative estimate of drug-likeness (QED) is 0.598. The topological polar surface area (TPSA) is 25.8 Å². The second-order valence-corrected chi connectivity index (χ2v) is 1.98. The highest BCUT2D eigenvalue weighted by Gasteiger charge is 1.89. The first-order chi connectivity index (χ1) is 3.79. The van der Waals surface area contributed by atoms with Crippen molar-refractivity contribution in [3.8, 4) is 0 Å². The minimum Gasteiger partial charge on any atom is -0.257 e. The van der Waals surface area contributed by atoms with E-state index in [9.17, 15) is 4.39 Å². The Balaban J connectivity index is 3.08. The first-order valence-electron chi connectivity index (χ1n) is 1.92. The molecule has 1 heterocycles. The molecule has 0 radical (unpaired) electrons. The largest absolute Gasteiger partial charge is 0.257 e. The molecule has 0 saturated heterocycles. The van der Waals surface area contributed by atoms with Gasteiger partial charge in [-0.1, -0.05) is 0 Å². The van der Waals surface area contributed by atoms with Gasteiger partial charge in [0.1, 0.15) is 4.60 Å². The van der Waals surface area contributed by atoms with Crippen LogP contribution in [0.3, 0.4) is 0 Å². The van der Waals surface area contributed by atoms with Crippen molar-refractivity contribution in [2.24, 2.45) is 0 Å². The van der Waals surface area contributed by atoms with Crippen molar-refractivity contribution in [1.29, 1.82) is 0 Å². The number of hydrogen-bond donors (Lipinski definition) is 0.